The van der Waals surface area contributed by atoms with Gasteiger partial charge in [-0.3, -0.25) is 14.3 Å². The fourth-order valence-corrected chi connectivity index (χ4v) is 1.54. The lowest BCUT2D eigenvalue weighted by atomic mass is 10.4. The monoisotopic (exact) mass is 235 g/mol. The van der Waals surface area contributed by atoms with Crippen molar-refractivity contribution in [2.45, 2.75) is 26.4 Å². The number of aromatic amines is 1. The summed E-state index contributed by atoms with van der Waals surface area (Å²) in [5.41, 5.74) is -0.854. The Hall–Kier alpha value is -2.18. The van der Waals surface area contributed by atoms with E-state index in [-0.39, 0.29) is 12.6 Å². The number of hydrogen-bond donors (Lipinski definition) is 1. The molecule has 90 valence electrons. The number of hydrogen-bond acceptors (Lipinski definition) is 4. The van der Waals surface area contributed by atoms with Crippen LogP contribution in [0.4, 0.5) is 0 Å². The minimum absolute atomic E-state index is 0.172. The highest BCUT2D eigenvalue weighted by molar-refractivity contribution is 4.91. The van der Waals surface area contributed by atoms with Crippen LogP contribution in [0.5, 0.6) is 0 Å². The molecule has 0 spiro atoms. The molecule has 0 bridgehead atoms. The predicted molar refractivity (Wildman–Crippen MR) is 60.8 cm³/mol. The van der Waals surface area contributed by atoms with E-state index in [1.807, 2.05) is 13.8 Å². The van der Waals surface area contributed by atoms with Crippen molar-refractivity contribution in [1.29, 1.82) is 0 Å². The van der Waals surface area contributed by atoms with Crippen LogP contribution in [0.2, 0.25) is 0 Å². The van der Waals surface area contributed by atoms with Gasteiger partial charge in [-0.15, -0.1) is 0 Å². The first-order valence-electron chi connectivity index (χ1n) is 5.26. The van der Waals surface area contributed by atoms with Gasteiger partial charge >= 0.3 is 5.69 Å². The van der Waals surface area contributed by atoms with Gasteiger partial charge in [-0.05, 0) is 13.8 Å². The van der Waals surface area contributed by atoms with Crippen LogP contribution in [0, 0.1) is 0 Å². The molecule has 0 aliphatic rings. The Bertz CT molecular complexity index is 622. The molecule has 17 heavy (non-hydrogen) atoms. The molecule has 2 heterocycles. The number of aromatic nitrogens is 5. The Morgan fingerprint density at radius 2 is 2.18 bits per heavy atom. The second kappa shape index (κ2) is 4.36. The molecule has 0 amide bonds. The molecule has 0 atom stereocenters. The van der Waals surface area contributed by atoms with Gasteiger partial charge in [-0.25, -0.2) is 14.5 Å². The zero-order chi connectivity index (χ0) is 12.4. The van der Waals surface area contributed by atoms with E-state index in [1.165, 1.54) is 23.2 Å². The first kappa shape index (κ1) is 11.3. The van der Waals surface area contributed by atoms with Crippen LogP contribution in [0.3, 0.4) is 0 Å². The molecule has 0 aliphatic heterocycles. The zero-order valence-corrected chi connectivity index (χ0v) is 9.62. The van der Waals surface area contributed by atoms with Crippen LogP contribution in [-0.4, -0.2) is 24.3 Å². The molecule has 0 saturated heterocycles. The molecule has 0 fully saturated rings. The lowest BCUT2D eigenvalue weighted by molar-refractivity contribution is 0.492. The summed E-state index contributed by atoms with van der Waals surface area (Å²) >= 11 is 0. The minimum Gasteiger partial charge on any atom is -0.293 e. The molecule has 7 nitrogen and oxygen atoms in total. The standard InChI is InChI=1S/C10H13N5O2/c1-7(2)15-8(11-6-12-15)5-14-4-3-9(16)13-10(14)17/h3-4,6-7H,5H2,1-2H3,(H,13,16,17). The smallest absolute Gasteiger partial charge is 0.293 e. The van der Waals surface area contributed by atoms with Crippen LogP contribution in [0.1, 0.15) is 25.7 Å². The van der Waals surface area contributed by atoms with Gasteiger partial charge in [0.2, 0.25) is 0 Å². The molecule has 0 aliphatic carbocycles. The van der Waals surface area contributed by atoms with Crippen molar-refractivity contribution >= 4 is 0 Å². The van der Waals surface area contributed by atoms with Crippen molar-refractivity contribution in [3.63, 3.8) is 0 Å². The van der Waals surface area contributed by atoms with Crippen LogP contribution >= 0.6 is 0 Å². The van der Waals surface area contributed by atoms with Crippen molar-refractivity contribution < 1.29 is 0 Å². The highest BCUT2D eigenvalue weighted by Gasteiger charge is 2.08. The Labute approximate surface area is 96.7 Å². The van der Waals surface area contributed by atoms with Gasteiger partial charge in [0.1, 0.15) is 12.2 Å². The Balaban J connectivity index is 2.35. The first-order valence-corrected chi connectivity index (χ1v) is 5.26. The summed E-state index contributed by atoms with van der Waals surface area (Å²) in [4.78, 5) is 28.7. The second-order valence-electron chi connectivity index (χ2n) is 3.95. The van der Waals surface area contributed by atoms with E-state index in [2.05, 4.69) is 15.1 Å². The van der Waals surface area contributed by atoms with Gasteiger partial charge in [-0.1, -0.05) is 0 Å². The van der Waals surface area contributed by atoms with Crippen molar-refractivity contribution in [2.24, 2.45) is 0 Å². The molecule has 0 aromatic carbocycles. The summed E-state index contributed by atoms with van der Waals surface area (Å²) < 4.78 is 3.11. The molecule has 2 aromatic rings. The number of nitrogens with one attached hydrogen (secondary N) is 1. The van der Waals surface area contributed by atoms with E-state index in [1.54, 1.807) is 4.68 Å². The Kier molecular flexibility index (Phi) is 2.90. The third-order valence-corrected chi connectivity index (χ3v) is 2.35. The fourth-order valence-electron chi connectivity index (χ4n) is 1.54. The summed E-state index contributed by atoms with van der Waals surface area (Å²) in [6.45, 7) is 4.25. The summed E-state index contributed by atoms with van der Waals surface area (Å²) in [7, 11) is 0. The van der Waals surface area contributed by atoms with E-state index < -0.39 is 11.2 Å². The summed E-state index contributed by atoms with van der Waals surface area (Å²) in [6, 6.07) is 1.48. The minimum atomic E-state index is -0.448. The number of H-pyrrole nitrogens is 1. The van der Waals surface area contributed by atoms with Crippen LogP contribution in [0.15, 0.2) is 28.2 Å². The van der Waals surface area contributed by atoms with Crippen LogP contribution in [-0.2, 0) is 6.54 Å². The molecule has 0 saturated carbocycles. The van der Waals surface area contributed by atoms with E-state index in [0.29, 0.717) is 5.82 Å². The third-order valence-electron chi connectivity index (χ3n) is 2.35. The van der Waals surface area contributed by atoms with Gasteiger partial charge in [0.05, 0.1) is 6.54 Å². The SMILES string of the molecule is CC(C)n1ncnc1Cn1ccc(=O)[nH]c1=O. The predicted octanol–water partition coefficient (Wildman–Crippen LogP) is -0.243. The molecular formula is C10H13N5O2. The maximum atomic E-state index is 11.5. The first-order chi connectivity index (χ1) is 8.08. The summed E-state index contributed by atoms with van der Waals surface area (Å²) in [5.74, 6) is 0.675. The number of rotatable bonds is 3. The molecular weight excluding hydrogens is 222 g/mol. The maximum absolute atomic E-state index is 11.5. The average Bonchev–Trinajstić information content (AvgIpc) is 2.70. The maximum Gasteiger partial charge on any atom is 0.328 e. The van der Waals surface area contributed by atoms with E-state index in [9.17, 15) is 9.59 Å². The lowest BCUT2D eigenvalue weighted by Gasteiger charge is -2.09. The van der Waals surface area contributed by atoms with Gasteiger partial charge in [0.15, 0.2) is 0 Å². The average molecular weight is 235 g/mol. The summed E-state index contributed by atoms with van der Waals surface area (Å²) in [6.07, 6.45) is 2.90. The summed E-state index contributed by atoms with van der Waals surface area (Å²) in [5, 5.41) is 4.08. The van der Waals surface area contributed by atoms with E-state index >= 15 is 0 Å². The van der Waals surface area contributed by atoms with E-state index in [0.717, 1.165) is 0 Å². The Morgan fingerprint density at radius 3 is 2.82 bits per heavy atom. The van der Waals surface area contributed by atoms with Crippen molar-refractivity contribution in [3.05, 3.63) is 45.3 Å². The quantitative estimate of drug-likeness (QED) is 0.795. The van der Waals surface area contributed by atoms with Crippen molar-refractivity contribution in [3.8, 4) is 0 Å². The number of nitrogens with zero attached hydrogens (tertiary/aromatic N) is 4. The lowest BCUT2D eigenvalue weighted by Crippen LogP contribution is -2.29. The Morgan fingerprint density at radius 1 is 1.41 bits per heavy atom. The third kappa shape index (κ3) is 2.32. The van der Waals surface area contributed by atoms with Crippen LogP contribution in [0.25, 0.3) is 0 Å². The van der Waals surface area contributed by atoms with Crippen LogP contribution < -0.4 is 11.2 Å². The molecule has 2 aromatic heterocycles. The van der Waals surface area contributed by atoms with Gasteiger partial charge < -0.3 is 0 Å². The van der Waals surface area contributed by atoms with E-state index in [4.69, 9.17) is 0 Å². The molecule has 0 unspecified atom stereocenters. The normalized spacial score (nSPS) is 11.0. The van der Waals surface area contributed by atoms with Gasteiger partial charge in [0, 0.05) is 18.3 Å². The molecule has 1 N–H and O–H groups in total. The van der Waals surface area contributed by atoms with Gasteiger partial charge in [0.25, 0.3) is 5.56 Å². The van der Waals surface area contributed by atoms with Gasteiger partial charge in [-0.2, -0.15) is 5.10 Å². The molecule has 0 radical (unpaired) electrons. The van der Waals surface area contributed by atoms with Crippen molar-refractivity contribution in [2.75, 3.05) is 0 Å². The van der Waals surface area contributed by atoms with Crippen molar-refractivity contribution in [1.82, 2.24) is 24.3 Å². The molecule has 2 rings (SSSR count). The highest BCUT2D eigenvalue weighted by atomic mass is 16.2. The molecule has 7 heteroatoms. The highest BCUT2D eigenvalue weighted by Crippen LogP contribution is 2.05. The second-order valence-corrected chi connectivity index (χ2v) is 3.95. The largest absolute Gasteiger partial charge is 0.328 e. The fraction of sp³-hybridized carbons (Fsp3) is 0.400. The zero-order valence-electron chi connectivity index (χ0n) is 9.62. The topological polar surface area (TPSA) is 85.6 Å².